The van der Waals surface area contributed by atoms with Gasteiger partial charge in [-0.15, -0.1) is 10.2 Å². The van der Waals surface area contributed by atoms with Gasteiger partial charge in [0, 0.05) is 6.54 Å². The molecule has 2 saturated carbocycles. The van der Waals surface area contributed by atoms with Gasteiger partial charge in [0.05, 0.1) is 0 Å². The molecule has 0 aromatic carbocycles. The van der Waals surface area contributed by atoms with Crippen LogP contribution in [0.2, 0.25) is 5.15 Å². The van der Waals surface area contributed by atoms with Gasteiger partial charge in [-0.3, -0.25) is 0 Å². The second kappa shape index (κ2) is 4.21. The highest BCUT2D eigenvalue weighted by Crippen LogP contribution is 2.48. The molecule has 2 fully saturated rings. The lowest BCUT2D eigenvalue weighted by Gasteiger charge is -2.21. The SMILES string of the molecule is Clc1ccc(NCC2CC3CCC2C3)nn1. The molecule has 1 aromatic heterocycles. The molecule has 86 valence electrons. The quantitative estimate of drug-likeness (QED) is 0.878. The van der Waals surface area contributed by atoms with Crippen molar-refractivity contribution in [2.24, 2.45) is 17.8 Å². The van der Waals surface area contributed by atoms with Crippen molar-refractivity contribution in [3.05, 3.63) is 17.3 Å². The minimum Gasteiger partial charge on any atom is -0.368 e. The highest BCUT2D eigenvalue weighted by Gasteiger charge is 2.38. The van der Waals surface area contributed by atoms with Gasteiger partial charge in [0.25, 0.3) is 0 Å². The zero-order valence-corrected chi connectivity index (χ0v) is 9.95. The van der Waals surface area contributed by atoms with Crippen LogP contribution in [0.25, 0.3) is 0 Å². The van der Waals surface area contributed by atoms with E-state index in [2.05, 4.69) is 15.5 Å². The standard InChI is InChI=1S/C12H16ClN3/c13-11-3-4-12(16-15-11)14-7-10-6-8-1-2-9(10)5-8/h3-4,8-10H,1-2,5-7H2,(H,14,16). The van der Waals surface area contributed by atoms with E-state index in [4.69, 9.17) is 11.6 Å². The summed E-state index contributed by atoms with van der Waals surface area (Å²) in [6.45, 7) is 1.04. The van der Waals surface area contributed by atoms with Crippen molar-refractivity contribution < 1.29 is 0 Å². The third kappa shape index (κ3) is 2.01. The van der Waals surface area contributed by atoms with Crippen LogP contribution < -0.4 is 5.32 Å². The van der Waals surface area contributed by atoms with Crippen molar-refractivity contribution in [3.63, 3.8) is 0 Å². The number of anilines is 1. The van der Waals surface area contributed by atoms with Crippen LogP contribution in [0.15, 0.2) is 12.1 Å². The fourth-order valence-electron chi connectivity index (χ4n) is 3.27. The molecule has 1 heterocycles. The molecule has 2 aliphatic carbocycles. The van der Waals surface area contributed by atoms with Crippen LogP contribution in [-0.2, 0) is 0 Å². The third-order valence-corrected chi connectivity index (χ3v) is 4.26. The topological polar surface area (TPSA) is 37.8 Å². The summed E-state index contributed by atoms with van der Waals surface area (Å²) in [6.07, 6.45) is 5.75. The highest BCUT2D eigenvalue weighted by atomic mass is 35.5. The Morgan fingerprint density at radius 3 is 2.81 bits per heavy atom. The minimum atomic E-state index is 0.450. The molecule has 1 N–H and O–H groups in total. The Balaban J connectivity index is 1.55. The Kier molecular flexibility index (Phi) is 2.72. The van der Waals surface area contributed by atoms with Gasteiger partial charge < -0.3 is 5.32 Å². The van der Waals surface area contributed by atoms with E-state index in [1.807, 2.05) is 6.07 Å². The van der Waals surface area contributed by atoms with E-state index in [0.717, 1.165) is 30.1 Å². The van der Waals surface area contributed by atoms with Crippen LogP contribution in [0, 0.1) is 17.8 Å². The van der Waals surface area contributed by atoms with E-state index in [-0.39, 0.29) is 0 Å². The summed E-state index contributed by atoms with van der Waals surface area (Å²) in [5.41, 5.74) is 0. The van der Waals surface area contributed by atoms with Crippen molar-refractivity contribution in [1.29, 1.82) is 0 Å². The van der Waals surface area contributed by atoms with Crippen molar-refractivity contribution in [3.8, 4) is 0 Å². The van der Waals surface area contributed by atoms with E-state index in [1.54, 1.807) is 6.07 Å². The number of nitrogens with one attached hydrogen (secondary N) is 1. The molecule has 3 nitrogen and oxygen atoms in total. The molecule has 0 amide bonds. The first-order valence-electron chi connectivity index (χ1n) is 6.04. The van der Waals surface area contributed by atoms with Crippen LogP contribution >= 0.6 is 11.6 Å². The third-order valence-electron chi connectivity index (χ3n) is 4.06. The summed E-state index contributed by atoms with van der Waals surface area (Å²) in [7, 11) is 0. The first kappa shape index (κ1) is 10.3. The Hall–Kier alpha value is -0.830. The molecule has 16 heavy (non-hydrogen) atoms. The molecule has 3 atom stereocenters. The van der Waals surface area contributed by atoms with E-state index < -0.39 is 0 Å². The maximum Gasteiger partial charge on any atom is 0.151 e. The van der Waals surface area contributed by atoms with Crippen LogP contribution in [0.1, 0.15) is 25.7 Å². The lowest BCUT2D eigenvalue weighted by Crippen LogP contribution is -2.20. The second-order valence-electron chi connectivity index (χ2n) is 5.06. The molecule has 0 saturated heterocycles. The smallest absolute Gasteiger partial charge is 0.151 e. The molecule has 0 spiro atoms. The summed E-state index contributed by atoms with van der Waals surface area (Å²) >= 11 is 5.69. The summed E-state index contributed by atoms with van der Waals surface area (Å²) < 4.78 is 0. The maximum atomic E-state index is 5.69. The van der Waals surface area contributed by atoms with Gasteiger partial charge in [-0.2, -0.15) is 0 Å². The van der Waals surface area contributed by atoms with Gasteiger partial charge in [-0.1, -0.05) is 18.0 Å². The van der Waals surface area contributed by atoms with Gasteiger partial charge in [0.1, 0.15) is 5.82 Å². The Bertz CT molecular complexity index is 365. The van der Waals surface area contributed by atoms with Gasteiger partial charge in [-0.05, 0) is 49.1 Å². The molecule has 1 aromatic rings. The molecular weight excluding hydrogens is 222 g/mol. The number of nitrogens with zero attached hydrogens (tertiary/aromatic N) is 2. The molecule has 3 unspecified atom stereocenters. The van der Waals surface area contributed by atoms with Crippen molar-refractivity contribution >= 4 is 17.4 Å². The lowest BCUT2D eigenvalue weighted by atomic mass is 9.89. The highest BCUT2D eigenvalue weighted by molar-refractivity contribution is 6.29. The van der Waals surface area contributed by atoms with Crippen LogP contribution in [0.5, 0.6) is 0 Å². The molecule has 4 heteroatoms. The molecule has 0 radical (unpaired) electrons. The number of halogens is 1. The second-order valence-corrected chi connectivity index (χ2v) is 5.44. The number of aromatic nitrogens is 2. The van der Waals surface area contributed by atoms with Crippen molar-refractivity contribution in [1.82, 2.24) is 10.2 Å². The van der Waals surface area contributed by atoms with Gasteiger partial charge in [0.15, 0.2) is 5.15 Å². The van der Waals surface area contributed by atoms with E-state index in [9.17, 15) is 0 Å². The average Bonchev–Trinajstić information content (AvgIpc) is 2.90. The Labute approximate surface area is 101 Å². The summed E-state index contributed by atoms with van der Waals surface area (Å²) in [5.74, 6) is 3.65. The van der Waals surface area contributed by atoms with E-state index >= 15 is 0 Å². The number of hydrogen-bond donors (Lipinski definition) is 1. The summed E-state index contributed by atoms with van der Waals surface area (Å²) in [6, 6.07) is 3.67. The van der Waals surface area contributed by atoms with Crippen molar-refractivity contribution in [2.45, 2.75) is 25.7 Å². The first-order chi connectivity index (χ1) is 7.81. The Morgan fingerprint density at radius 1 is 1.25 bits per heavy atom. The van der Waals surface area contributed by atoms with Crippen LogP contribution in [-0.4, -0.2) is 16.7 Å². The number of rotatable bonds is 3. The zero-order valence-electron chi connectivity index (χ0n) is 9.19. The van der Waals surface area contributed by atoms with Crippen LogP contribution in [0.3, 0.4) is 0 Å². The van der Waals surface area contributed by atoms with Crippen LogP contribution in [0.4, 0.5) is 5.82 Å². The normalized spacial score (nSPS) is 31.9. The zero-order chi connectivity index (χ0) is 11.0. The predicted molar refractivity (Wildman–Crippen MR) is 64.5 cm³/mol. The fraction of sp³-hybridized carbons (Fsp3) is 0.667. The lowest BCUT2D eigenvalue weighted by molar-refractivity contribution is 0.348. The summed E-state index contributed by atoms with van der Waals surface area (Å²) in [5, 5.41) is 11.6. The number of fused-ring (bicyclic) bond motifs is 2. The Morgan fingerprint density at radius 2 is 2.19 bits per heavy atom. The van der Waals surface area contributed by atoms with Gasteiger partial charge >= 0.3 is 0 Å². The van der Waals surface area contributed by atoms with E-state index in [0.29, 0.717) is 5.15 Å². The maximum absolute atomic E-state index is 5.69. The molecule has 2 bridgehead atoms. The van der Waals surface area contributed by atoms with E-state index in [1.165, 1.54) is 25.7 Å². The fourth-order valence-corrected chi connectivity index (χ4v) is 3.37. The largest absolute Gasteiger partial charge is 0.368 e. The summed E-state index contributed by atoms with van der Waals surface area (Å²) in [4.78, 5) is 0. The van der Waals surface area contributed by atoms with Crippen molar-refractivity contribution in [2.75, 3.05) is 11.9 Å². The first-order valence-corrected chi connectivity index (χ1v) is 6.42. The predicted octanol–water partition coefficient (Wildman–Crippen LogP) is 2.98. The molecule has 3 rings (SSSR count). The molecule has 0 aliphatic heterocycles. The minimum absolute atomic E-state index is 0.450. The van der Waals surface area contributed by atoms with Gasteiger partial charge in [0.2, 0.25) is 0 Å². The monoisotopic (exact) mass is 237 g/mol. The molecular formula is C12H16ClN3. The van der Waals surface area contributed by atoms with Gasteiger partial charge in [-0.25, -0.2) is 0 Å². The number of hydrogen-bond acceptors (Lipinski definition) is 3. The average molecular weight is 238 g/mol. The molecule has 2 aliphatic rings.